The molecule has 2 heteroatoms. The van der Waals surface area contributed by atoms with Crippen molar-refractivity contribution >= 4 is 11.6 Å². The molecule has 1 aliphatic carbocycles. The number of carbonyl (C=O) groups excluding carboxylic acids is 2. The van der Waals surface area contributed by atoms with E-state index in [2.05, 4.69) is 0 Å². The first-order valence-electron chi connectivity index (χ1n) is 7.09. The topological polar surface area (TPSA) is 34.1 Å². The summed E-state index contributed by atoms with van der Waals surface area (Å²) < 4.78 is 0. The van der Waals surface area contributed by atoms with Crippen LogP contribution in [-0.4, -0.2) is 11.6 Å². The van der Waals surface area contributed by atoms with E-state index in [-0.39, 0.29) is 17.5 Å². The molecule has 1 fully saturated rings. The summed E-state index contributed by atoms with van der Waals surface area (Å²) in [4.78, 5) is 22.7. The van der Waals surface area contributed by atoms with Gasteiger partial charge in [-0.3, -0.25) is 4.79 Å². The normalized spacial score (nSPS) is 20.4. The molecule has 1 unspecified atom stereocenters. The Hall–Kier alpha value is -0.660. The van der Waals surface area contributed by atoms with Crippen LogP contribution in [0.25, 0.3) is 0 Å². The highest BCUT2D eigenvalue weighted by Gasteiger charge is 2.22. The van der Waals surface area contributed by atoms with E-state index in [0.29, 0.717) is 12.3 Å². The van der Waals surface area contributed by atoms with Gasteiger partial charge in [0, 0.05) is 12.3 Å². The van der Waals surface area contributed by atoms with Crippen molar-refractivity contribution in [3.8, 4) is 0 Å². The number of hydrogen-bond acceptors (Lipinski definition) is 2. The number of rotatable bonds is 5. The predicted octanol–water partition coefficient (Wildman–Crippen LogP) is 3.92. The second-order valence-electron chi connectivity index (χ2n) is 5.66. The quantitative estimate of drug-likeness (QED) is 0.727. The zero-order valence-electron chi connectivity index (χ0n) is 11.3. The third-order valence-electron chi connectivity index (χ3n) is 3.95. The lowest BCUT2D eigenvalue weighted by Crippen LogP contribution is -2.19. The zero-order chi connectivity index (χ0) is 12.7. The van der Waals surface area contributed by atoms with Crippen LogP contribution in [0.2, 0.25) is 0 Å². The van der Waals surface area contributed by atoms with Crippen molar-refractivity contribution < 1.29 is 9.59 Å². The van der Waals surface area contributed by atoms with Crippen molar-refractivity contribution in [2.24, 2.45) is 11.8 Å². The van der Waals surface area contributed by atoms with Crippen molar-refractivity contribution in [1.82, 2.24) is 0 Å². The van der Waals surface area contributed by atoms with E-state index in [1.54, 1.807) is 13.8 Å². The molecule has 0 spiro atoms. The van der Waals surface area contributed by atoms with Crippen LogP contribution < -0.4 is 0 Å². The molecule has 0 saturated heterocycles. The Kier molecular flexibility index (Phi) is 6.46. The van der Waals surface area contributed by atoms with E-state index < -0.39 is 0 Å². The first-order chi connectivity index (χ1) is 8.09. The second kappa shape index (κ2) is 7.62. The van der Waals surface area contributed by atoms with Gasteiger partial charge < -0.3 is 4.79 Å². The molecule has 0 radical (unpaired) electrons. The molecule has 0 bridgehead atoms. The van der Waals surface area contributed by atoms with Gasteiger partial charge in [0.2, 0.25) is 0 Å². The fraction of sp³-hybridized carbons (Fsp3) is 0.867. The van der Waals surface area contributed by atoms with Crippen LogP contribution in [0.1, 0.15) is 71.6 Å². The van der Waals surface area contributed by atoms with Crippen LogP contribution in [0, 0.1) is 11.8 Å². The Morgan fingerprint density at radius 3 is 2.00 bits per heavy atom. The third kappa shape index (κ3) is 5.99. The molecule has 1 atom stereocenters. The fourth-order valence-electron chi connectivity index (χ4n) is 2.92. The number of Topliss-reactive ketones (excluding diaryl/α,β-unsaturated/α-hetero) is 2. The molecule has 0 aromatic carbocycles. The molecule has 98 valence electrons. The first-order valence-corrected chi connectivity index (χ1v) is 7.09. The van der Waals surface area contributed by atoms with Crippen LogP contribution in [-0.2, 0) is 9.59 Å². The molecule has 0 N–H and O–H groups in total. The summed E-state index contributed by atoms with van der Waals surface area (Å²) >= 11 is 0. The average molecular weight is 238 g/mol. The minimum atomic E-state index is -0.0167. The lowest BCUT2D eigenvalue weighted by molar-refractivity contribution is -0.126. The highest BCUT2D eigenvalue weighted by atomic mass is 16.1. The SMILES string of the molecule is CC(=O)CC(CC1CCCCCCC1)C(C)=O. The largest absolute Gasteiger partial charge is 0.300 e. The van der Waals surface area contributed by atoms with Gasteiger partial charge in [-0.1, -0.05) is 44.9 Å². The summed E-state index contributed by atoms with van der Waals surface area (Å²) in [6.07, 6.45) is 10.5. The van der Waals surface area contributed by atoms with E-state index in [9.17, 15) is 9.59 Å². The monoisotopic (exact) mass is 238 g/mol. The smallest absolute Gasteiger partial charge is 0.133 e. The lowest BCUT2D eigenvalue weighted by atomic mass is 9.81. The van der Waals surface area contributed by atoms with Crippen molar-refractivity contribution in [3.05, 3.63) is 0 Å². The number of ketones is 2. The Bertz CT molecular complexity index is 250. The molecule has 17 heavy (non-hydrogen) atoms. The van der Waals surface area contributed by atoms with E-state index in [4.69, 9.17) is 0 Å². The van der Waals surface area contributed by atoms with Crippen LogP contribution in [0.4, 0.5) is 0 Å². The van der Waals surface area contributed by atoms with Crippen molar-refractivity contribution in [2.45, 2.75) is 71.6 Å². The van der Waals surface area contributed by atoms with Crippen molar-refractivity contribution in [3.63, 3.8) is 0 Å². The Balaban J connectivity index is 2.45. The highest BCUT2D eigenvalue weighted by Crippen LogP contribution is 2.29. The van der Waals surface area contributed by atoms with Gasteiger partial charge in [0.25, 0.3) is 0 Å². The summed E-state index contributed by atoms with van der Waals surface area (Å²) in [7, 11) is 0. The predicted molar refractivity (Wildman–Crippen MR) is 69.9 cm³/mol. The van der Waals surface area contributed by atoms with E-state index >= 15 is 0 Å². The van der Waals surface area contributed by atoms with E-state index in [1.807, 2.05) is 0 Å². The van der Waals surface area contributed by atoms with Gasteiger partial charge >= 0.3 is 0 Å². The van der Waals surface area contributed by atoms with Gasteiger partial charge in [0.15, 0.2) is 0 Å². The second-order valence-corrected chi connectivity index (χ2v) is 5.66. The van der Waals surface area contributed by atoms with Crippen LogP contribution in [0.5, 0.6) is 0 Å². The molecule has 1 aliphatic rings. The molecule has 1 saturated carbocycles. The van der Waals surface area contributed by atoms with Crippen LogP contribution in [0.15, 0.2) is 0 Å². The summed E-state index contributed by atoms with van der Waals surface area (Å²) in [5, 5.41) is 0. The summed E-state index contributed by atoms with van der Waals surface area (Å²) in [5.74, 6) is 0.999. The summed E-state index contributed by atoms with van der Waals surface area (Å²) in [5.41, 5.74) is 0. The van der Waals surface area contributed by atoms with Gasteiger partial charge in [-0.15, -0.1) is 0 Å². The fourth-order valence-corrected chi connectivity index (χ4v) is 2.92. The maximum atomic E-state index is 11.6. The third-order valence-corrected chi connectivity index (χ3v) is 3.95. The Morgan fingerprint density at radius 1 is 1.00 bits per heavy atom. The maximum absolute atomic E-state index is 11.6. The van der Waals surface area contributed by atoms with Gasteiger partial charge in [0.1, 0.15) is 11.6 Å². The summed E-state index contributed by atoms with van der Waals surface area (Å²) in [6.45, 7) is 3.23. The molecule has 0 aliphatic heterocycles. The maximum Gasteiger partial charge on any atom is 0.133 e. The van der Waals surface area contributed by atoms with Gasteiger partial charge in [-0.2, -0.15) is 0 Å². The average Bonchev–Trinajstić information content (AvgIpc) is 2.19. The molecular formula is C15H26O2. The van der Waals surface area contributed by atoms with E-state index in [1.165, 1.54) is 44.9 Å². The molecule has 0 aromatic rings. The van der Waals surface area contributed by atoms with Crippen molar-refractivity contribution in [2.75, 3.05) is 0 Å². The molecular weight excluding hydrogens is 212 g/mol. The number of carbonyl (C=O) groups is 2. The highest BCUT2D eigenvalue weighted by molar-refractivity contribution is 5.85. The number of hydrogen-bond donors (Lipinski definition) is 0. The standard InChI is InChI=1S/C15H26O2/c1-12(16)10-15(13(2)17)11-14-8-6-4-3-5-7-9-14/h14-15H,3-11H2,1-2H3. The molecule has 0 aromatic heterocycles. The van der Waals surface area contributed by atoms with Gasteiger partial charge in [-0.05, 0) is 26.2 Å². The zero-order valence-corrected chi connectivity index (χ0v) is 11.3. The summed E-state index contributed by atoms with van der Waals surface area (Å²) in [6, 6.07) is 0. The van der Waals surface area contributed by atoms with Gasteiger partial charge in [-0.25, -0.2) is 0 Å². The molecule has 0 heterocycles. The minimum absolute atomic E-state index is 0.0167. The van der Waals surface area contributed by atoms with Gasteiger partial charge in [0.05, 0.1) is 0 Å². The Labute approximate surface area is 105 Å². The first kappa shape index (κ1) is 14.4. The van der Waals surface area contributed by atoms with Crippen LogP contribution in [0.3, 0.4) is 0 Å². The van der Waals surface area contributed by atoms with E-state index in [0.717, 1.165) is 6.42 Å². The van der Waals surface area contributed by atoms with Crippen LogP contribution >= 0.6 is 0 Å². The molecule has 0 amide bonds. The molecule has 2 nitrogen and oxygen atoms in total. The lowest BCUT2D eigenvalue weighted by Gasteiger charge is -2.23. The molecule has 1 rings (SSSR count). The minimum Gasteiger partial charge on any atom is -0.300 e. The van der Waals surface area contributed by atoms with Crippen molar-refractivity contribution in [1.29, 1.82) is 0 Å². The Morgan fingerprint density at radius 2 is 1.53 bits per heavy atom.